The molecule has 0 saturated heterocycles. The monoisotopic (exact) mass is 225 g/mol. The number of benzene rings is 1. The van der Waals surface area contributed by atoms with Gasteiger partial charge in [0.25, 0.3) is 0 Å². The smallest absolute Gasteiger partial charge is 0.241 e. The Morgan fingerprint density at radius 3 is 2.47 bits per heavy atom. The zero-order valence-corrected chi connectivity index (χ0v) is 9.04. The molecule has 0 amide bonds. The summed E-state index contributed by atoms with van der Waals surface area (Å²) in [6.07, 6.45) is 4.96. The number of hydrogen-bond acceptors (Lipinski definition) is 3. The maximum atomic E-state index is 11.5. The third-order valence-electron chi connectivity index (χ3n) is 1.73. The molecule has 0 fully saturated rings. The van der Waals surface area contributed by atoms with Crippen LogP contribution in [0.15, 0.2) is 29.2 Å². The quantitative estimate of drug-likeness (QED) is 0.764. The summed E-state index contributed by atoms with van der Waals surface area (Å²) in [6.45, 7) is -0.0195. The van der Waals surface area contributed by atoms with Gasteiger partial charge in [0.15, 0.2) is 0 Å². The van der Waals surface area contributed by atoms with Crippen LogP contribution in [-0.4, -0.2) is 22.1 Å². The third-order valence-corrected chi connectivity index (χ3v) is 3.15. The predicted octanol–water partition coefficient (Wildman–Crippen LogP) is 0.607. The van der Waals surface area contributed by atoms with Crippen LogP contribution in [0.1, 0.15) is 0 Å². The Labute approximate surface area is 89.3 Å². The molecular weight excluding hydrogens is 214 g/mol. The van der Waals surface area contributed by atoms with Crippen LogP contribution < -0.4 is 9.46 Å². The van der Waals surface area contributed by atoms with Crippen molar-refractivity contribution in [3.63, 3.8) is 0 Å². The minimum atomic E-state index is -3.50. The second-order valence-corrected chi connectivity index (χ2v) is 4.47. The summed E-state index contributed by atoms with van der Waals surface area (Å²) in [7, 11) is -1.98. The van der Waals surface area contributed by atoms with Crippen molar-refractivity contribution in [1.29, 1.82) is 0 Å². The van der Waals surface area contributed by atoms with Crippen LogP contribution in [0.25, 0.3) is 0 Å². The number of rotatable bonds is 4. The predicted molar refractivity (Wildman–Crippen MR) is 57.0 cm³/mol. The van der Waals surface area contributed by atoms with Crippen molar-refractivity contribution in [3.8, 4) is 18.1 Å². The average molecular weight is 225 g/mol. The molecule has 80 valence electrons. The van der Waals surface area contributed by atoms with E-state index in [2.05, 4.69) is 10.6 Å². The first-order valence-electron chi connectivity index (χ1n) is 4.17. The van der Waals surface area contributed by atoms with Crippen molar-refractivity contribution in [3.05, 3.63) is 24.3 Å². The molecule has 0 heterocycles. The van der Waals surface area contributed by atoms with Crippen LogP contribution in [-0.2, 0) is 10.0 Å². The number of nitrogens with one attached hydrogen (secondary N) is 1. The van der Waals surface area contributed by atoms with Crippen molar-refractivity contribution in [2.24, 2.45) is 0 Å². The molecular formula is C10H11NO3S. The largest absolute Gasteiger partial charge is 0.497 e. The van der Waals surface area contributed by atoms with Crippen molar-refractivity contribution in [1.82, 2.24) is 4.72 Å². The van der Waals surface area contributed by atoms with E-state index in [0.717, 1.165) is 0 Å². The molecule has 0 unspecified atom stereocenters. The Morgan fingerprint density at radius 1 is 1.40 bits per heavy atom. The van der Waals surface area contributed by atoms with Crippen molar-refractivity contribution >= 4 is 10.0 Å². The van der Waals surface area contributed by atoms with E-state index < -0.39 is 10.0 Å². The Bertz CT molecular complexity index is 456. The van der Waals surface area contributed by atoms with Crippen LogP contribution in [0.5, 0.6) is 5.75 Å². The van der Waals surface area contributed by atoms with Crippen LogP contribution in [0, 0.1) is 12.3 Å². The molecule has 0 aromatic heterocycles. The van der Waals surface area contributed by atoms with Crippen molar-refractivity contribution in [2.45, 2.75) is 4.90 Å². The van der Waals surface area contributed by atoms with Gasteiger partial charge in [-0.05, 0) is 24.3 Å². The van der Waals surface area contributed by atoms with E-state index in [-0.39, 0.29) is 11.4 Å². The van der Waals surface area contributed by atoms with Gasteiger partial charge in [-0.25, -0.2) is 8.42 Å². The summed E-state index contributed by atoms with van der Waals surface area (Å²) < 4.78 is 30.3. The molecule has 0 aliphatic heterocycles. The molecule has 0 aliphatic rings. The summed E-state index contributed by atoms with van der Waals surface area (Å²) in [6, 6.07) is 6.06. The second kappa shape index (κ2) is 4.82. The van der Waals surface area contributed by atoms with Crippen LogP contribution in [0.4, 0.5) is 0 Å². The number of hydrogen-bond donors (Lipinski definition) is 1. The second-order valence-electron chi connectivity index (χ2n) is 2.70. The lowest BCUT2D eigenvalue weighted by Crippen LogP contribution is -2.23. The van der Waals surface area contributed by atoms with Gasteiger partial charge in [0.2, 0.25) is 10.0 Å². The highest BCUT2D eigenvalue weighted by Gasteiger charge is 2.12. The number of terminal acetylenes is 1. The van der Waals surface area contributed by atoms with E-state index in [0.29, 0.717) is 5.75 Å². The number of ether oxygens (including phenoxy) is 1. The molecule has 1 rings (SSSR count). The van der Waals surface area contributed by atoms with Gasteiger partial charge in [-0.3, -0.25) is 0 Å². The van der Waals surface area contributed by atoms with Gasteiger partial charge in [0.05, 0.1) is 18.6 Å². The molecule has 4 nitrogen and oxygen atoms in total. The lowest BCUT2D eigenvalue weighted by molar-refractivity contribution is 0.414. The molecule has 1 aromatic rings. The average Bonchev–Trinajstić information content (AvgIpc) is 2.26. The topological polar surface area (TPSA) is 55.4 Å². The minimum Gasteiger partial charge on any atom is -0.497 e. The first-order valence-corrected chi connectivity index (χ1v) is 5.65. The summed E-state index contributed by atoms with van der Waals surface area (Å²) in [5, 5.41) is 0. The summed E-state index contributed by atoms with van der Waals surface area (Å²) in [5.41, 5.74) is 0. The van der Waals surface area contributed by atoms with Gasteiger partial charge < -0.3 is 4.74 Å². The van der Waals surface area contributed by atoms with Gasteiger partial charge >= 0.3 is 0 Å². The third kappa shape index (κ3) is 2.98. The van der Waals surface area contributed by atoms with Crippen molar-refractivity contribution in [2.75, 3.05) is 13.7 Å². The zero-order valence-electron chi connectivity index (χ0n) is 8.23. The molecule has 15 heavy (non-hydrogen) atoms. The van der Waals surface area contributed by atoms with E-state index in [4.69, 9.17) is 11.2 Å². The Hall–Kier alpha value is -1.51. The molecule has 1 N–H and O–H groups in total. The molecule has 0 bridgehead atoms. The van der Waals surface area contributed by atoms with Crippen LogP contribution >= 0.6 is 0 Å². The molecule has 0 radical (unpaired) electrons. The minimum absolute atomic E-state index is 0.0195. The zero-order chi connectivity index (χ0) is 11.3. The Morgan fingerprint density at radius 2 is 2.00 bits per heavy atom. The highest BCUT2D eigenvalue weighted by atomic mass is 32.2. The lowest BCUT2D eigenvalue weighted by Gasteiger charge is -2.04. The molecule has 5 heteroatoms. The summed E-state index contributed by atoms with van der Waals surface area (Å²) >= 11 is 0. The van der Waals surface area contributed by atoms with E-state index >= 15 is 0 Å². The lowest BCUT2D eigenvalue weighted by atomic mass is 10.3. The molecule has 0 aliphatic carbocycles. The molecule has 0 spiro atoms. The van der Waals surface area contributed by atoms with Crippen molar-refractivity contribution < 1.29 is 13.2 Å². The summed E-state index contributed by atoms with van der Waals surface area (Å²) in [4.78, 5) is 0.165. The SMILES string of the molecule is C#CCNS(=O)(=O)c1ccc(OC)cc1. The normalized spacial score (nSPS) is 10.7. The van der Waals surface area contributed by atoms with Crippen LogP contribution in [0.3, 0.4) is 0 Å². The fourth-order valence-corrected chi connectivity index (χ4v) is 1.91. The summed E-state index contributed by atoms with van der Waals surface area (Å²) in [5.74, 6) is 2.80. The molecule has 0 atom stereocenters. The van der Waals surface area contributed by atoms with Gasteiger partial charge in [-0.1, -0.05) is 5.92 Å². The van der Waals surface area contributed by atoms with E-state index in [1.54, 1.807) is 12.1 Å². The number of sulfonamides is 1. The van der Waals surface area contributed by atoms with E-state index in [1.807, 2.05) is 0 Å². The van der Waals surface area contributed by atoms with E-state index in [9.17, 15) is 8.42 Å². The van der Waals surface area contributed by atoms with Gasteiger partial charge in [-0.15, -0.1) is 6.42 Å². The highest BCUT2D eigenvalue weighted by molar-refractivity contribution is 7.89. The first kappa shape index (κ1) is 11.6. The Balaban J connectivity index is 2.92. The van der Waals surface area contributed by atoms with E-state index in [1.165, 1.54) is 19.2 Å². The fraction of sp³-hybridized carbons (Fsp3) is 0.200. The number of methoxy groups -OCH3 is 1. The molecule has 0 saturated carbocycles. The fourth-order valence-electron chi connectivity index (χ4n) is 0.975. The molecule has 1 aromatic carbocycles. The maximum absolute atomic E-state index is 11.5. The highest BCUT2D eigenvalue weighted by Crippen LogP contribution is 2.14. The van der Waals surface area contributed by atoms with Crippen LogP contribution in [0.2, 0.25) is 0 Å². The van der Waals surface area contributed by atoms with Gasteiger partial charge in [-0.2, -0.15) is 4.72 Å². The van der Waals surface area contributed by atoms with Gasteiger partial charge in [0, 0.05) is 0 Å². The van der Waals surface area contributed by atoms with Gasteiger partial charge in [0.1, 0.15) is 5.75 Å². The Kier molecular flexibility index (Phi) is 3.72. The standard InChI is InChI=1S/C10H11NO3S/c1-3-8-11-15(12,13)10-6-4-9(14-2)5-7-10/h1,4-7,11H,8H2,2H3. The maximum Gasteiger partial charge on any atom is 0.241 e. The first-order chi connectivity index (χ1) is 7.10.